The second kappa shape index (κ2) is 7.16. The van der Waals surface area contributed by atoms with Crippen molar-refractivity contribution in [1.29, 1.82) is 0 Å². The van der Waals surface area contributed by atoms with Gasteiger partial charge < -0.3 is 5.32 Å². The molecule has 1 aromatic carbocycles. The second-order valence-corrected chi connectivity index (χ2v) is 6.29. The Morgan fingerprint density at radius 3 is 2.71 bits per heavy atom. The van der Waals surface area contributed by atoms with E-state index >= 15 is 0 Å². The molecule has 1 unspecified atom stereocenters. The van der Waals surface area contributed by atoms with Crippen LogP contribution in [0.15, 0.2) is 53.3 Å². The molecule has 1 aliphatic heterocycles. The molecule has 0 radical (unpaired) electrons. The van der Waals surface area contributed by atoms with Gasteiger partial charge in [-0.1, -0.05) is 28.1 Å². The molecule has 1 aromatic heterocycles. The van der Waals surface area contributed by atoms with Crippen LogP contribution in [0.5, 0.6) is 0 Å². The average molecular weight is 346 g/mol. The van der Waals surface area contributed by atoms with Gasteiger partial charge >= 0.3 is 0 Å². The van der Waals surface area contributed by atoms with Crippen LogP contribution < -0.4 is 5.32 Å². The molecule has 2 heterocycles. The minimum absolute atomic E-state index is 0.297. The Morgan fingerprint density at radius 1 is 1.05 bits per heavy atom. The first-order valence-electron chi connectivity index (χ1n) is 7.45. The van der Waals surface area contributed by atoms with Crippen LogP contribution in [-0.2, 0) is 0 Å². The molecule has 1 N–H and O–H groups in total. The molecular formula is C17H20BrN3. The van der Waals surface area contributed by atoms with Crippen LogP contribution in [0.4, 0.5) is 0 Å². The van der Waals surface area contributed by atoms with E-state index < -0.39 is 0 Å². The first-order valence-corrected chi connectivity index (χ1v) is 8.24. The molecule has 21 heavy (non-hydrogen) atoms. The molecule has 1 saturated heterocycles. The van der Waals surface area contributed by atoms with E-state index in [1.54, 1.807) is 0 Å². The van der Waals surface area contributed by atoms with Crippen LogP contribution in [0.2, 0.25) is 0 Å². The lowest BCUT2D eigenvalue weighted by Crippen LogP contribution is -2.33. The third-order valence-corrected chi connectivity index (χ3v) is 4.42. The summed E-state index contributed by atoms with van der Waals surface area (Å²) in [5.74, 6) is 0. The molecule has 0 aliphatic carbocycles. The van der Waals surface area contributed by atoms with Gasteiger partial charge in [0.2, 0.25) is 0 Å². The number of pyridine rings is 1. The van der Waals surface area contributed by atoms with Gasteiger partial charge in [-0.3, -0.25) is 9.88 Å². The number of nitrogens with zero attached hydrogens (tertiary/aromatic N) is 2. The average Bonchev–Trinajstić information content (AvgIpc) is 2.78. The first kappa shape index (κ1) is 14.7. The van der Waals surface area contributed by atoms with Crippen LogP contribution >= 0.6 is 15.9 Å². The maximum Gasteiger partial charge on any atom is 0.0603 e. The van der Waals surface area contributed by atoms with E-state index in [2.05, 4.69) is 67.5 Å². The lowest BCUT2D eigenvalue weighted by molar-refractivity contribution is 0.241. The van der Waals surface area contributed by atoms with Gasteiger partial charge in [0.05, 0.1) is 6.04 Å². The van der Waals surface area contributed by atoms with Gasteiger partial charge in [0.15, 0.2) is 0 Å². The summed E-state index contributed by atoms with van der Waals surface area (Å²) in [5.41, 5.74) is 2.64. The summed E-state index contributed by atoms with van der Waals surface area (Å²) < 4.78 is 1.13. The van der Waals surface area contributed by atoms with Crippen molar-refractivity contribution in [2.24, 2.45) is 0 Å². The van der Waals surface area contributed by atoms with Crippen molar-refractivity contribution in [3.63, 3.8) is 0 Å². The van der Waals surface area contributed by atoms with Crippen LogP contribution in [-0.4, -0.2) is 36.1 Å². The number of hydrogen-bond acceptors (Lipinski definition) is 3. The van der Waals surface area contributed by atoms with E-state index in [-0.39, 0.29) is 0 Å². The second-order valence-electron chi connectivity index (χ2n) is 5.38. The summed E-state index contributed by atoms with van der Waals surface area (Å²) in [7, 11) is 0. The maximum absolute atomic E-state index is 4.16. The number of aromatic nitrogens is 1. The summed E-state index contributed by atoms with van der Waals surface area (Å²) in [5, 5.41) is 3.48. The van der Waals surface area contributed by atoms with E-state index in [1.165, 1.54) is 17.5 Å². The number of nitrogens with one attached hydrogen (secondary N) is 1. The summed E-state index contributed by atoms with van der Waals surface area (Å²) in [6.45, 7) is 4.35. The van der Waals surface area contributed by atoms with Crippen molar-refractivity contribution < 1.29 is 0 Å². The fraction of sp³-hybridized carbons (Fsp3) is 0.353. The Kier molecular flexibility index (Phi) is 5.01. The highest BCUT2D eigenvalue weighted by Gasteiger charge is 2.23. The molecule has 3 nitrogen and oxygen atoms in total. The molecule has 0 bridgehead atoms. The Balaban J connectivity index is 1.98. The highest BCUT2D eigenvalue weighted by Crippen LogP contribution is 2.30. The number of hydrogen-bond donors (Lipinski definition) is 1. The van der Waals surface area contributed by atoms with Crippen molar-refractivity contribution in [1.82, 2.24) is 15.2 Å². The number of benzene rings is 1. The van der Waals surface area contributed by atoms with Crippen molar-refractivity contribution >= 4 is 15.9 Å². The van der Waals surface area contributed by atoms with Gasteiger partial charge in [0, 0.05) is 36.5 Å². The first-order chi connectivity index (χ1) is 10.3. The van der Waals surface area contributed by atoms with E-state index in [0.29, 0.717) is 6.04 Å². The van der Waals surface area contributed by atoms with Crippen molar-refractivity contribution in [3.8, 4) is 0 Å². The van der Waals surface area contributed by atoms with Crippen molar-refractivity contribution in [2.75, 3.05) is 26.2 Å². The largest absolute Gasteiger partial charge is 0.315 e. The van der Waals surface area contributed by atoms with Crippen LogP contribution in [0.25, 0.3) is 0 Å². The van der Waals surface area contributed by atoms with Gasteiger partial charge in [-0.25, -0.2) is 0 Å². The van der Waals surface area contributed by atoms with E-state index in [1.807, 2.05) is 12.4 Å². The molecule has 1 aliphatic rings. The Labute approximate surface area is 134 Å². The lowest BCUT2D eigenvalue weighted by Gasteiger charge is -2.31. The molecule has 0 saturated carbocycles. The summed E-state index contributed by atoms with van der Waals surface area (Å²) >= 11 is 3.60. The Bertz CT molecular complexity index is 565. The van der Waals surface area contributed by atoms with Gasteiger partial charge in [0.1, 0.15) is 0 Å². The molecule has 3 rings (SSSR count). The molecule has 0 amide bonds. The minimum Gasteiger partial charge on any atom is -0.315 e. The highest BCUT2D eigenvalue weighted by molar-refractivity contribution is 9.10. The molecular weight excluding hydrogens is 326 g/mol. The SMILES string of the molecule is Brc1cccc(C(c2ccncc2)N2CCCNCC2)c1. The van der Waals surface area contributed by atoms with Gasteiger partial charge in [-0.05, 0) is 48.4 Å². The zero-order chi connectivity index (χ0) is 14.5. The Hall–Kier alpha value is -1.23. The molecule has 2 aromatic rings. The predicted molar refractivity (Wildman–Crippen MR) is 89.3 cm³/mol. The number of halogens is 1. The topological polar surface area (TPSA) is 28.2 Å². The standard InChI is InChI=1S/C17H20BrN3/c18-16-4-1-3-15(13-16)17(14-5-8-20-9-6-14)21-11-2-7-19-10-12-21/h1,3-6,8-9,13,17,19H,2,7,10-12H2. The smallest absolute Gasteiger partial charge is 0.0603 e. The normalized spacial score (nSPS) is 18.1. The summed E-state index contributed by atoms with van der Waals surface area (Å²) in [6.07, 6.45) is 4.96. The molecule has 1 fully saturated rings. The number of rotatable bonds is 3. The summed E-state index contributed by atoms with van der Waals surface area (Å²) in [4.78, 5) is 6.73. The molecule has 1 atom stereocenters. The monoisotopic (exact) mass is 345 g/mol. The van der Waals surface area contributed by atoms with Gasteiger partial charge in [-0.15, -0.1) is 0 Å². The van der Waals surface area contributed by atoms with E-state index in [0.717, 1.165) is 30.7 Å². The van der Waals surface area contributed by atoms with E-state index in [9.17, 15) is 0 Å². The Morgan fingerprint density at radius 2 is 1.90 bits per heavy atom. The fourth-order valence-electron chi connectivity index (χ4n) is 2.96. The molecule has 110 valence electrons. The van der Waals surface area contributed by atoms with Crippen molar-refractivity contribution in [3.05, 3.63) is 64.4 Å². The molecule has 0 spiro atoms. The quantitative estimate of drug-likeness (QED) is 0.925. The zero-order valence-electron chi connectivity index (χ0n) is 12.0. The third-order valence-electron chi connectivity index (χ3n) is 3.93. The molecule has 4 heteroatoms. The predicted octanol–water partition coefficient (Wildman–Crippen LogP) is 3.23. The van der Waals surface area contributed by atoms with Crippen LogP contribution in [0.3, 0.4) is 0 Å². The lowest BCUT2D eigenvalue weighted by atomic mass is 9.97. The van der Waals surface area contributed by atoms with Crippen molar-refractivity contribution in [2.45, 2.75) is 12.5 Å². The van der Waals surface area contributed by atoms with Crippen LogP contribution in [0, 0.1) is 0 Å². The summed E-state index contributed by atoms with van der Waals surface area (Å²) in [6, 6.07) is 13.2. The van der Waals surface area contributed by atoms with Crippen LogP contribution in [0.1, 0.15) is 23.6 Å². The van der Waals surface area contributed by atoms with E-state index in [4.69, 9.17) is 0 Å². The zero-order valence-corrected chi connectivity index (χ0v) is 13.6. The minimum atomic E-state index is 0.297. The van der Waals surface area contributed by atoms with Gasteiger partial charge in [-0.2, -0.15) is 0 Å². The highest BCUT2D eigenvalue weighted by atomic mass is 79.9. The maximum atomic E-state index is 4.16. The van der Waals surface area contributed by atoms with Gasteiger partial charge in [0.25, 0.3) is 0 Å². The fourth-order valence-corrected chi connectivity index (χ4v) is 3.38. The third kappa shape index (κ3) is 3.70.